The number of nitrogens with zero attached hydrogens (tertiary/aromatic N) is 5. The Bertz CT molecular complexity index is 707. The molecule has 1 N–H and O–H groups in total. The second kappa shape index (κ2) is 14.6. The van der Waals surface area contributed by atoms with Crippen LogP contribution in [0.15, 0.2) is 12.3 Å². The molecule has 1 atom stereocenters. The number of piperidine rings is 1. The largest absolute Gasteiger partial charge is 0.384 e. The molecule has 0 amide bonds. The van der Waals surface area contributed by atoms with Gasteiger partial charge in [0, 0.05) is 49.8 Å². The standard InChI is InChI=1S/C29H54N6/c1-9-13-17-24(18-14-10-2)26-30-27(34(8)25-21-23(5)33-29(6,7)22-25)32-28(31-26)35(19-15-11-3)20-16-12-4/h24-25,33H,5,9-22H2,1-4,6-8H3. The molecule has 35 heavy (non-hydrogen) atoms. The van der Waals surface area contributed by atoms with Gasteiger partial charge in [-0.05, 0) is 46.0 Å². The molecule has 0 aromatic carbocycles. The first-order valence-electron chi connectivity index (χ1n) is 14.4. The molecule has 1 aromatic heterocycles. The summed E-state index contributed by atoms with van der Waals surface area (Å²) in [6.45, 7) is 19.9. The van der Waals surface area contributed by atoms with E-state index in [1.54, 1.807) is 0 Å². The van der Waals surface area contributed by atoms with Gasteiger partial charge in [-0.25, -0.2) is 0 Å². The summed E-state index contributed by atoms with van der Waals surface area (Å²) in [5, 5.41) is 3.56. The third-order valence-electron chi connectivity index (χ3n) is 7.26. The zero-order chi connectivity index (χ0) is 25.8. The summed E-state index contributed by atoms with van der Waals surface area (Å²) in [7, 11) is 2.16. The smallest absolute Gasteiger partial charge is 0.230 e. The van der Waals surface area contributed by atoms with Gasteiger partial charge in [0.1, 0.15) is 5.82 Å². The Morgan fingerprint density at radius 3 is 1.94 bits per heavy atom. The van der Waals surface area contributed by atoms with E-state index < -0.39 is 0 Å². The Morgan fingerprint density at radius 1 is 0.886 bits per heavy atom. The molecule has 1 fully saturated rings. The van der Waals surface area contributed by atoms with Gasteiger partial charge in [0.05, 0.1) is 0 Å². The first kappa shape index (κ1) is 29.4. The minimum atomic E-state index is 0.0199. The highest BCUT2D eigenvalue weighted by Gasteiger charge is 2.33. The second-order valence-corrected chi connectivity index (χ2v) is 11.3. The number of anilines is 2. The van der Waals surface area contributed by atoms with Crippen molar-refractivity contribution in [2.24, 2.45) is 0 Å². The fourth-order valence-corrected chi connectivity index (χ4v) is 5.13. The Hall–Kier alpha value is -1.85. The number of nitrogens with one attached hydrogen (secondary N) is 1. The lowest BCUT2D eigenvalue weighted by Crippen LogP contribution is -2.51. The molecule has 0 saturated carbocycles. The first-order chi connectivity index (χ1) is 16.7. The van der Waals surface area contributed by atoms with Crippen LogP contribution in [0.2, 0.25) is 0 Å². The van der Waals surface area contributed by atoms with Crippen molar-refractivity contribution in [3.63, 3.8) is 0 Å². The molecule has 0 bridgehead atoms. The number of rotatable bonds is 16. The molecular formula is C29H54N6. The monoisotopic (exact) mass is 486 g/mol. The van der Waals surface area contributed by atoms with E-state index in [1.807, 2.05) is 0 Å². The lowest BCUT2D eigenvalue weighted by Gasteiger charge is -2.42. The van der Waals surface area contributed by atoms with E-state index in [0.29, 0.717) is 12.0 Å². The quantitative estimate of drug-likeness (QED) is 0.266. The average molecular weight is 487 g/mol. The van der Waals surface area contributed by atoms with Crippen molar-refractivity contribution in [3.05, 3.63) is 18.1 Å². The minimum absolute atomic E-state index is 0.0199. The molecule has 200 valence electrons. The minimum Gasteiger partial charge on any atom is -0.384 e. The highest BCUT2D eigenvalue weighted by Crippen LogP contribution is 2.31. The maximum atomic E-state index is 5.16. The van der Waals surface area contributed by atoms with Gasteiger partial charge in [-0.1, -0.05) is 72.8 Å². The van der Waals surface area contributed by atoms with Gasteiger partial charge in [0.15, 0.2) is 0 Å². The van der Waals surface area contributed by atoms with Gasteiger partial charge in [-0.3, -0.25) is 0 Å². The van der Waals surface area contributed by atoms with E-state index >= 15 is 0 Å². The maximum Gasteiger partial charge on any atom is 0.230 e. The van der Waals surface area contributed by atoms with Crippen LogP contribution >= 0.6 is 0 Å². The zero-order valence-electron chi connectivity index (χ0n) is 24.0. The summed E-state index contributed by atoms with van der Waals surface area (Å²) in [6.07, 6.45) is 13.8. The normalized spacial score (nSPS) is 17.5. The average Bonchev–Trinajstić information content (AvgIpc) is 2.82. The van der Waals surface area contributed by atoms with E-state index in [-0.39, 0.29) is 5.54 Å². The SMILES string of the molecule is C=C1CC(N(C)c2nc(C(CCCC)CCCC)nc(N(CCCC)CCCC)n2)CC(C)(C)N1. The Balaban J connectivity index is 2.48. The van der Waals surface area contributed by atoms with Gasteiger partial charge in [-0.15, -0.1) is 0 Å². The highest BCUT2D eigenvalue weighted by atomic mass is 15.3. The Kier molecular flexibility index (Phi) is 12.3. The lowest BCUT2D eigenvalue weighted by molar-refractivity contribution is 0.306. The fourth-order valence-electron chi connectivity index (χ4n) is 5.13. The maximum absolute atomic E-state index is 5.16. The third-order valence-corrected chi connectivity index (χ3v) is 7.26. The van der Waals surface area contributed by atoms with Crippen LogP contribution in [0.1, 0.15) is 130 Å². The van der Waals surface area contributed by atoms with Crippen LogP contribution in [-0.2, 0) is 0 Å². The topological polar surface area (TPSA) is 57.2 Å². The third kappa shape index (κ3) is 9.27. The molecule has 6 nitrogen and oxygen atoms in total. The summed E-state index contributed by atoms with van der Waals surface area (Å²) in [4.78, 5) is 20.1. The van der Waals surface area contributed by atoms with Crippen LogP contribution < -0.4 is 15.1 Å². The molecule has 1 aromatic rings. The molecule has 0 radical (unpaired) electrons. The van der Waals surface area contributed by atoms with Crippen LogP contribution in [0.4, 0.5) is 11.9 Å². The van der Waals surface area contributed by atoms with Gasteiger partial charge >= 0.3 is 0 Å². The Labute approximate surface area is 216 Å². The van der Waals surface area contributed by atoms with Crippen molar-refractivity contribution in [1.29, 1.82) is 0 Å². The highest BCUT2D eigenvalue weighted by molar-refractivity contribution is 5.41. The summed E-state index contributed by atoms with van der Waals surface area (Å²) in [5.41, 5.74) is 1.12. The summed E-state index contributed by atoms with van der Waals surface area (Å²) in [6, 6.07) is 0.325. The summed E-state index contributed by atoms with van der Waals surface area (Å²) in [5.74, 6) is 3.12. The van der Waals surface area contributed by atoms with Crippen molar-refractivity contribution in [2.45, 2.75) is 136 Å². The van der Waals surface area contributed by atoms with Crippen molar-refractivity contribution >= 4 is 11.9 Å². The fraction of sp³-hybridized carbons (Fsp3) is 0.828. The molecule has 1 unspecified atom stereocenters. The molecule has 2 heterocycles. The molecule has 2 rings (SSSR count). The summed E-state index contributed by atoms with van der Waals surface area (Å²) < 4.78 is 0. The van der Waals surface area contributed by atoms with E-state index in [1.165, 1.54) is 38.5 Å². The van der Waals surface area contributed by atoms with Crippen molar-refractivity contribution in [3.8, 4) is 0 Å². The van der Waals surface area contributed by atoms with E-state index in [0.717, 1.165) is 75.0 Å². The van der Waals surface area contributed by atoms with Crippen LogP contribution in [0.3, 0.4) is 0 Å². The summed E-state index contributed by atoms with van der Waals surface area (Å²) >= 11 is 0. The number of aromatic nitrogens is 3. The zero-order valence-corrected chi connectivity index (χ0v) is 24.0. The lowest BCUT2D eigenvalue weighted by atomic mass is 9.87. The number of unbranched alkanes of at least 4 members (excludes halogenated alkanes) is 4. The van der Waals surface area contributed by atoms with Gasteiger partial charge < -0.3 is 15.1 Å². The predicted molar refractivity (Wildman–Crippen MR) is 151 cm³/mol. The van der Waals surface area contributed by atoms with Gasteiger partial charge in [-0.2, -0.15) is 15.0 Å². The van der Waals surface area contributed by atoms with Crippen LogP contribution in [0, 0.1) is 0 Å². The van der Waals surface area contributed by atoms with Gasteiger partial charge in [0.2, 0.25) is 11.9 Å². The molecule has 1 aliphatic heterocycles. The van der Waals surface area contributed by atoms with Gasteiger partial charge in [0.25, 0.3) is 0 Å². The molecule has 1 aliphatic rings. The second-order valence-electron chi connectivity index (χ2n) is 11.3. The molecule has 1 saturated heterocycles. The van der Waals surface area contributed by atoms with E-state index in [9.17, 15) is 0 Å². The first-order valence-corrected chi connectivity index (χ1v) is 14.4. The van der Waals surface area contributed by atoms with Crippen molar-refractivity contribution in [1.82, 2.24) is 20.3 Å². The van der Waals surface area contributed by atoms with Crippen molar-refractivity contribution in [2.75, 3.05) is 29.9 Å². The number of hydrogen-bond donors (Lipinski definition) is 1. The predicted octanol–water partition coefficient (Wildman–Crippen LogP) is 7.22. The van der Waals surface area contributed by atoms with Crippen LogP contribution in [0.25, 0.3) is 0 Å². The van der Waals surface area contributed by atoms with Crippen LogP contribution in [0.5, 0.6) is 0 Å². The van der Waals surface area contributed by atoms with E-state index in [4.69, 9.17) is 15.0 Å². The van der Waals surface area contributed by atoms with Crippen molar-refractivity contribution < 1.29 is 0 Å². The molecule has 6 heteroatoms. The molecular weight excluding hydrogens is 432 g/mol. The van der Waals surface area contributed by atoms with Crippen LogP contribution in [-0.4, -0.2) is 46.7 Å². The molecule has 0 aliphatic carbocycles. The molecule has 0 spiro atoms. The van der Waals surface area contributed by atoms with E-state index in [2.05, 4.69) is 70.3 Å². The number of hydrogen-bond acceptors (Lipinski definition) is 6. The Morgan fingerprint density at radius 2 is 1.43 bits per heavy atom.